The van der Waals surface area contributed by atoms with Crippen molar-refractivity contribution in [2.75, 3.05) is 13.1 Å². The number of alkyl halides is 1. The molecule has 0 radical (unpaired) electrons. The quantitative estimate of drug-likeness (QED) is 0.778. The molecule has 0 spiro atoms. The Balaban J connectivity index is 1.68. The lowest BCUT2D eigenvalue weighted by molar-refractivity contribution is 0.0828. The predicted octanol–water partition coefficient (Wildman–Crippen LogP) is 4.46. The Morgan fingerprint density at radius 1 is 1.11 bits per heavy atom. The normalized spacial score (nSPS) is 22.1. The van der Waals surface area contributed by atoms with Crippen LogP contribution in [-0.4, -0.2) is 35.0 Å². The lowest BCUT2D eigenvalue weighted by Crippen LogP contribution is -2.28. The van der Waals surface area contributed by atoms with Crippen molar-refractivity contribution in [3.05, 3.63) is 52.9 Å². The highest BCUT2D eigenvalue weighted by Crippen LogP contribution is 2.37. The molecule has 1 fully saturated rings. The fourth-order valence-corrected chi connectivity index (χ4v) is 3.64. The summed E-state index contributed by atoms with van der Waals surface area (Å²) in [5.41, 5.74) is 1.96. The smallest absolute Gasteiger partial charge is 0.177 e. The van der Waals surface area contributed by atoms with E-state index in [9.17, 15) is 13.2 Å². The Morgan fingerprint density at radius 3 is 2.52 bits per heavy atom. The first-order valence-electron chi connectivity index (χ1n) is 8.96. The monoisotopic (exact) mass is 375 g/mol. The molecule has 4 nitrogen and oxygen atoms in total. The predicted molar refractivity (Wildman–Crippen MR) is 96.0 cm³/mol. The van der Waals surface area contributed by atoms with Crippen LogP contribution in [0.15, 0.2) is 29.6 Å². The van der Waals surface area contributed by atoms with Gasteiger partial charge < -0.3 is 9.74 Å². The molecule has 2 aliphatic heterocycles. The van der Waals surface area contributed by atoms with Gasteiger partial charge in [0.15, 0.2) is 6.10 Å². The van der Waals surface area contributed by atoms with E-state index < -0.39 is 23.9 Å². The second-order valence-electron chi connectivity index (χ2n) is 7.19. The fourth-order valence-electron chi connectivity index (χ4n) is 3.64. The van der Waals surface area contributed by atoms with Crippen LogP contribution in [0.1, 0.15) is 35.8 Å². The van der Waals surface area contributed by atoms with Gasteiger partial charge in [-0.15, -0.1) is 0 Å². The SMILES string of the molecule is Cc1cc(F)c(-c2cc(C)cnc2[C@@H]2CC(N3CC[C@H](F)C3)=NO2)c(F)c1. The number of pyridine rings is 1. The lowest BCUT2D eigenvalue weighted by atomic mass is 9.96. The number of likely N-dealkylation sites (tertiary alicyclic amines) is 1. The minimum absolute atomic E-state index is 0.117. The number of oxime groups is 1. The van der Waals surface area contributed by atoms with Crippen LogP contribution in [-0.2, 0) is 4.84 Å². The standard InChI is InChI=1S/C20H20F3N3O/c1-11-6-15(22)19(16(23)7-11)14-5-12(2)9-24-20(14)17-8-18(25-27-17)26-4-3-13(21)10-26/h5-7,9,13,17H,3-4,8,10H2,1-2H3/t13-,17-/m0/s1. The molecule has 1 saturated heterocycles. The largest absolute Gasteiger partial charge is 0.384 e. The molecule has 142 valence electrons. The van der Waals surface area contributed by atoms with Crippen molar-refractivity contribution >= 4 is 5.84 Å². The summed E-state index contributed by atoms with van der Waals surface area (Å²) < 4.78 is 42.6. The molecule has 0 saturated carbocycles. The summed E-state index contributed by atoms with van der Waals surface area (Å²) in [4.78, 5) is 11.8. The molecule has 1 aromatic heterocycles. The molecular weight excluding hydrogens is 355 g/mol. The van der Waals surface area contributed by atoms with E-state index in [-0.39, 0.29) is 5.56 Å². The highest BCUT2D eigenvalue weighted by molar-refractivity contribution is 5.84. The van der Waals surface area contributed by atoms with Gasteiger partial charge in [-0.25, -0.2) is 13.2 Å². The first-order valence-corrected chi connectivity index (χ1v) is 8.96. The molecule has 3 heterocycles. The van der Waals surface area contributed by atoms with E-state index in [0.717, 1.165) is 5.56 Å². The van der Waals surface area contributed by atoms with E-state index in [1.807, 2.05) is 11.8 Å². The van der Waals surface area contributed by atoms with Crippen LogP contribution in [0.3, 0.4) is 0 Å². The maximum Gasteiger partial charge on any atom is 0.177 e. The van der Waals surface area contributed by atoms with Gasteiger partial charge in [-0.1, -0.05) is 5.16 Å². The molecule has 0 bridgehead atoms. The zero-order valence-corrected chi connectivity index (χ0v) is 15.2. The molecule has 0 unspecified atom stereocenters. The summed E-state index contributed by atoms with van der Waals surface area (Å²) >= 11 is 0. The number of hydrogen-bond acceptors (Lipinski definition) is 4. The van der Waals surface area contributed by atoms with Gasteiger partial charge in [0, 0.05) is 18.3 Å². The Labute approximate surface area is 155 Å². The van der Waals surface area contributed by atoms with Gasteiger partial charge in [-0.2, -0.15) is 0 Å². The van der Waals surface area contributed by atoms with Crippen molar-refractivity contribution in [2.24, 2.45) is 5.16 Å². The second kappa shape index (κ2) is 6.87. The van der Waals surface area contributed by atoms with Gasteiger partial charge in [0.05, 0.1) is 24.2 Å². The van der Waals surface area contributed by atoms with Gasteiger partial charge in [0.1, 0.15) is 23.6 Å². The van der Waals surface area contributed by atoms with Gasteiger partial charge in [0.2, 0.25) is 0 Å². The molecule has 2 aromatic rings. The van der Waals surface area contributed by atoms with Crippen molar-refractivity contribution in [1.82, 2.24) is 9.88 Å². The Morgan fingerprint density at radius 2 is 1.85 bits per heavy atom. The molecule has 0 aliphatic carbocycles. The summed E-state index contributed by atoms with van der Waals surface area (Å²) in [6.45, 7) is 4.34. The Kier molecular flexibility index (Phi) is 4.53. The molecule has 27 heavy (non-hydrogen) atoms. The lowest BCUT2D eigenvalue weighted by Gasteiger charge is -2.17. The van der Waals surface area contributed by atoms with E-state index >= 15 is 0 Å². The van der Waals surface area contributed by atoms with Crippen LogP contribution < -0.4 is 0 Å². The molecule has 7 heteroatoms. The topological polar surface area (TPSA) is 37.7 Å². The van der Waals surface area contributed by atoms with E-state index in [1.54, 1.807) is 19.2 Å². The zero-order chi connectivity index (χ0) is 19.1. The minimum atomic E-state index is -0.865. The molecule has 0 amide bonds. The van der Waals surface area contributed by atoms with E-state index in [1.165, 1.54) is 12.1 Å². The van der Waals surface area contributed by atoms with Crippen molar-refractivity contribution in [3.8, 4) is 11.1 Å². The van der Waals surface area contributed by atoms with E-state index in [4.69, 9.17) is 4.84 Å². The van der Waals surface area contributed by atoms with Crippen LogP contribution in [0.5, 0.6) is 0 Å². The third kappa shape index (κ3) is 3.38. The average Bonchev–Trinajstić information content (AvgIpc) is 3.23. The third-order valence-corrected chi connectivity index (χ3v) is 4.97. The molecule has 4 rings (SSSR count). The summed E-state index contributed by atoms with van der Waals surface area (Å²) in [6, 6.07) is 4.30. The van der Waals surface area contributed by atoms with Crippen molar-refractivity contribution in [2.45, 2.75) is 39.0 Å². The Hall–Kier alpha value is -2.57. The van der Waals surface area contributed by atoms with E-state index in [2.05, 4.69) is 10.1 Å². The minimum Gasteiger partial charge on any atom is -0.384 e. The van der Waals surface area contributed by atoms with Crippen LogP contribution in [0.2, 0.25) is 0 Å². The number of benzene rings is 1. The van der Waals surface area contributed by atoms with Gasteiger partial charge in [0.25, 0.3) is 0 Å². The molecule has 2 atom stereocenters. The third-order valence-electron chi connectivity index (χ3n) is 4.97. The van der Waals surface area contributed by atoms with Crippen LogP contribution >= 0.6 is 0 Å². The fraction of sp³-hybridized carbons (Fsp3) is 0.400. The number of halogens is 3. The van der Waals surface area contributed by atoms with Crippen molar-refractivity contribution in [1.29, 1.82) is 0 Å². The molecule has 2 aliphatic rings. The molecular formula is C20H20F3N3O. The maximum absolute atomic E-state index is 14.6. The number of aromatic nitrogens is 1. The number of hydrogen-bond donors (Lipinski definition) is 0. The van der Waals surface area contributed by atoms with Crippen LogP contribution in [0.25, 0.3) is 11.1 Å². The van der Waals surface area contributed by atoms with Crippen LogP contribution in [0.4, 0.5) is 13.2 Å². The number of amidine groups is 1. The summed E-state index contributed by atoms with van der Waals surface area (Å²) in [5, 5.41) is 4.07. The van der Waals surface area contributed by atoms with Crippen molar-refractivity contribution in [3.63, 3.8) is 0 Å². The van der Waals surface area contributed by atoms with E-state index in [0.29, 0.717) is 48.6 Å². The molecule has 0 N–H and O–H groups in total. The highest BCUT2D eigenvalue weighted by atomic mass is 19.1. The number of rotatable bonds is 2. The van der Waals surface area contributed by atoms with Crippen LogP contribution in [0, 0.1) is 25.5 Å². The maximum atomic E-state index is 14.6. The van der Waals surface area contributed by atoms with Gasteiger partial charge in [-0.3, -0.25) is 4.98 Å². The second-order valence-corrected chi connectivity index (χ2v) is 7.19. The first-order chi connectivity index (χ1) is 12.9. The highest BCUT2D eigenvalue weighted by Gasteiger charge is 2.34. The summed E-state index contributed by atoms with van der Waals surface area (Å²) in [5.74, 6) is -0.626. The number of nitrogens with zero attached hydrogens (tertiary/aromatic N) is 3. The average molecular weight is 375 g/mol. The number of aryl methyl sites for hydroxylation is 2. The summed E-state index contributed by atoms with van der Waals surface area (Å²) in [7, 11) is 0. The van der Waals surface area contributed by atoms with Gasteiger partial charge in [-0.05, 0) is 49.6 Å². The molecule has 1 aromatic carbocycles. The zero-order valence-electron chi connectivity index (χ0n) is 15.2. The first kappa shape index (κ1) is 17.8. The van der Waals surface area contributed by atoms with Gasteiger partial charge >= 0.3 is 0 Å². The Bertz CT molecular complexity index is 892. The summed E-state index contributed by atoms with van der Waals surface area (Å²) in [6.07, 6.45) is 1.07. The van der Waals surface area contributed by atoms with Crippen molar-refractivity contribution < 1.29 is 18.0 Å².